The number of likely N-dealkylation sites (tertiary alicyclic amines) is 1. The van der Waals surface area contributed by atoms with E-state index >= 15 is 0 Å². The summed E-state index contributed by atoms with van der Waals surface area (Å²) in [5.74, 6) is 0.0906. The molecule has 0 saturated carbocycles. The summed E-state index contributed by atoms with van der Waals surface area (Å²) < 4.78 is 18.6. The van der Waals surface area contributed by atoms with Crippen LogP contribution in [-0.2, 0) is 0 Å². The highest BCUT2D eigenvalue weighted by molar-refractivity contribution is 6.30. The van der Waals surface area contributed by atoms with Crippen LogP contribution >= 0.6 is 11.6 Å². The monoisotopic (exact) mass is 377 g/mol. The lowest BCUT2D eigenvalue weighted by atomic mass is 9.96. The molecule has 4 nitrogen and oxygen atoms in total. The number of benzene rings is 2. The van der Waals surface area contributed by atoms with Gasteiger partial charge >= 0.3 is 0 Å². The molecule has 1 aliphatic rings. The van der Waals surface area contributed by atoms with Gasteiger partial charge in [-0.15, -0.1) is 0 Å². The molecule has 0 aromatic heterocycles. The number of amides is 1. The number of hydrogen-bond donors (Lipinski definition) is 1. The minimum absolute atomic E-state index is 0.0868. The van der Waals surface area contributed by atoms with E-state index in [9.17, 15) is 14.3 Å². The van der Waals surface area contributed by atoms with E-state index in [1.54, 1.807) is 29.2 Å². The number of aliphatic hydroxyl groups is 1. The van der Waals surface area contributed by atoms with Crippen LogP contribution in [0.3, 0.4) is 0 Å². The molecule has 0 aliphatic carbocycles. The van der Waals surface area contributed by atoms with Crippen LogP contribution in [-0.4, -0.2) is 41.2 Å². The summed E-state index contributed by atoms with van der Waals surface area (Å²) in [7, 11) is 0. The van der Waals surface area contributed by atoms with E-state index < -0.39 is 5.60 Å². The molecule has 1 heterocycles. The molecular formula is C20H21ClFNO3. The Hall–Kier alpha value is -2.11. The fourth-order valence-electron chi connectivity index (χ4n) is 3.08. The topological polar surface area (TPSA) is 49.8 Å². The van der Waals surface area contributed by atoms with E-state index in [-0.39, 0.29) is 18.3 Å². The van der Waals surface area contributed by atoms with Crippen molar-refractivity contribution < 1.29 is 19.0 Å². The van der Waals surface area contributed by atoms with Crippen molar-refractivity contribution in [2.75, 3.05) is 19.7 Å². The van der Waals surface area contributed by atoms with E-state index in [0.29, 0.717) is 48.7 Å². The van der Waals surface area contributed by atoms with E-state index in [4.69, 9.17) is 16.3 Å². The molecule has 6 heteroatoms. The van der Waals surface area contributed by atoms with Gasteiger partial charge in [-0.05, 0) is 61.7 Å². The molecule has 1 N–H and O–H groups in total. The Bertz CT molecular complexity index is 768. The molecule has 2 aromatic carbocycles. The second kappa shape index (κ2) is 8.06. The minimum Gasteiger partial charge on any atom is -0.491 e. The van der Waals surface area contributed by atoms with Crippen LogP contribution in [0.5, 0.6) is 5.75 Å². The molecule has 1 aliphatic heterocycles. The van der Waals surface area contributed by atoms with Crippen LogP contribution in [0.2, 0.25) is 5.02 Å². The molecule has 1 amide bonds. The standard InChI is InChI=1S/C20H21ClFNO3/c21-16-4-1-3-15(13-16)19(24)23-11-2-9-20(25,10-12-23)14-26-18-7-5-17(22)6-8-18/h1,3-8,13,25H,2,9-12,14H2. The smallest absolute Gasteiger partial charge is 0.253 e. The Kier molecular flexibility index (Phi) is 5.79. The molecule has 0 bridgehead atoms. The zero-order valence-electron chi connectivity index (χ0n) is 14.3. The highest BCUT2D eigenvalue weighted by Gasteiger charge is 2.32. The minimum atomic E-state index is -1.02. The summed E-state index contributed by atoms with van der Waals surface area (Å²) in [6.07, 6.45) is 1.63. The van der Waals surface area contributed by atoms with E-state index in [2.05, 4.69) is 0 Å². The van der Waals surface area contributed by atoms with Crippen LogP contribution in [0.4, 0.5) is 4.39 Å². The van der Waals surface area contributed by atoms with Crippen LogP contribution < -0.4 is 4.74 Å². The number of carbonyl (C=O) groups is 1. The average molecular weight is 378 g/mol. The lowest BCUT2D eigenvalue weighted by molar-refractivity contribution is -0.0163. The molecule has 1 unspecified atom stereocenters. The van der Waals surface area contributed by atoms with Gasteiger partial charge in [0.1, 0.15) is 23.8 Å². The number of halogens is 2. The molecule has 0 spiro atoms. The average Bonchev–Trinajstić information content (AvgIpc) is 2.83. The van der Waals surface area contributed by atoms with Crippen molar-refractivity contribution in [1.82, 2.24) is 4.90 Å². The lowest BCUT2D eigenvalue weighted by Crippen LogP contribution is -2.38. The van der Waals surface area contributed by atoms with Crippen molar-refractivity contribution in [1.29, 1.82) is 0 Å². The summed E-state index contributed by atoms with van der Waals surface area (Å²) in [5.41, 5.74) is -0.469. The summed E-state index contributed by atoms with van der Waals surface area (Å²) in [4.78, 5) is 14.4. The third-order valence-electron chi connectivity index (χ3n) is 4.60. The highest BCUT2D eigenvalue weighted by Crippen LogP contribution is 2.25. The quantitative estimate of drug-likeness (QED) is 0.878. The largest absolute Gasteiger partial charge is 0.491 e. The maximum absolute atomic E-state index is 12.9. The summed E-state index contributed by atoms with van der Waals surface area (Å²) >= 11 is 5.96. The molecule has 2 aromatic rings. The molecule has 1 saturated heterocycles. The normalized spacial score (nSPS) is 20.5. The molecule has 138 valence electrons. The third-order valence-corrected chi connectivity index (χ3v) is 4.83. The molecular weight excluding hydrogens is 357 g/mol. The molecule has 0 radical (unpaired) electrons. The first-order valence-electron chi connectivity index (χ1n) is 8.61. The van der Waals surface area contributed by atoms with Crippen molar-refractivity contribution in [2.24, 2.45) is 0 Å². The van der Waals surface area contributed by atoms with Crippen molar-refractivity contribution >= 4 is 17.5 Å². The van der Waals surface area contributed by atoms with Crippen LogP contribution in [0.15, 0.2) is 48.5 Å². The second-order valence-electron chi connectivity index (χ2n) is 6.62. The molecule has 26 heavy (non-hydrogen) atoms. The first kappa shape index (κ1) is 18.7. The van der Waals surface area contributed by atoms with Crippen molar-refractivity contribution in [3.8, 4) is 5.75 Å². The first-order valence-corrected chi connectivity index (χ1v) is 8.99. The first-order chi connectivity index (χ1) is 12.5. The van der Waals surface area contributed by atoms with Crippen molar-refractivity contribution in [3.63, 3.8) is 0 Å². The third kappa shape index (κ3) is 4.74. The van der Waals surface area contributed by atoms with Crippen LogP contribution in [0.25, 0.3) is 0 Å². The summed E-state index contributed by atoms with van der Waals surface area (Å²) in [6.45, 7) is 1.12. The summed E-state index contributed by atoms with van der Waals surface area (Å²) in [6, 6.07) is 12.6. The molecule has 1 fully saturated rings. The Balaban J connectivity index is 1.59. The van der Waals surface area contributed by atoms with E-state index in [1.165, 1.54) is 24.3 Å². The Morgan fingerprint density at radius 2 is 1.96 bits per heavy atom. The summed E-state index contributed by atoms with van der Waals surface area (Å²) in [5, 5.41) is 11.3. The van der Waals surface area contributed by atoms with Gasteiger partial charge in [0, 0.05) is 23.7 Å². The molecule has 1 atom stereocenters. The SMILES string of the molecule is O=C(c1cccc(Cl)c1)N1CCCC(O)(COc2ccc(F)cc2)CC1. The van der Waals surface area contributed by atoms with Gasteiger partial charge in [-0.3, -0.25) is 4.79 Å². The van der Waals surface area contributed by atoms with Gasteiger partial charge in [-0.25, -0.2) is 4.39 Å². The Morgan fingerprint density at radius 3 is 2.69 bits per heavy atom. The fraction of sp³-hybridized carbons (Fsp3) is 0.350. The Labute approximate surface area is 157 Å². The van der Waals surface area contributed by atoms with Gasteiger partial charge in [-0.1, -0.05) is 17.7 Å². The highest BCUT2D eigenvalue weighted by atomic mass is 35.5. The van der Waals surface area contributed by atoms with E-state index in [0.717, 1.165) is 0 Å². The predicted molar refractivity (Wildman–Crippen MR) is 98.1 cm³/mol. The van der Waals surface area contributed by atoms with Gasteiger partial charge in [0.15, 0.2) is 0 Å². The number of nitrogens with zero attached hydrogens (tertiary/aromatic N) is 1. The molecule has 3 rings (SSSR count). The number of carbonyl (C=O) groups excluding carboxylic acids is 1. The van der Waals surface area contributed by atoms with Crippen molar-refractivity contribution in [2.45, 2.75) is 24.9 Å². The van der Waals surface area contributed by atoms with Gasteiger partial charge in [0.05, 0.1) is 0 Å². The maximum atomic E-state index is 12.9. The lowest BCUT2D eigenvalue weighted by Gasteiger charge is -2.27. The Morgan fingerprint density at radius 1 is 1.19 bits per heavy atom. The zero-order chi connectivity index (χ0) is 18.6. The van der Waals surface area contributed by atoms with Gasteiger partial charge < -0.3 is 14.7 Å². The number of ether oxygens (including phenoxy) is 1. The van der Waals surface area contributed by atoms with Gasteiger partial charge in [0.2, 0.25) is 0 Å². The zero-order valence-corrected chi connectivity index (χ0v) is 15.1. The van der Waals surface area contributed by atoms with Crippen molar-refractivity contribution in [3.05, 3.63) is 64.9 Å². The van der Waals surface area contributed by atoms with Gasteiger partial charge in [0.25, 0.3) is 5.91 Å². The van der Waals surface area contributed by atoms with Gasteiger partial charge in [-0.2, -0.15) is 0 Å². The number of hydrogen-bond acceptors (Lipinski definition) is 3. The van der Waals surface area contributed by atoms with E-state index in [1.807, 2.05) is 0 Å². The van der Waals surface area contributed by atoms with Crippen LogP contribution in [0, 0.1) is 5.82 Å². The van der Waals surface area contributed by atoms with Crippen LogP contribution in [0.1, 0.15) is 29.6 Å². The predicted octanol–water partition coefficient (Wildman–Crippen LogP) is 3.92. The fourth-order valence-corrected chi connectivity index (χ4v) is 3.27. The maximum Gasteiger partial charge on any atom is 0.253 e. The second-order valence-corrected chi connectivity index (χ2v) is 7.06. The number of rotatable bonds is 4.